The molecule has 0 bridgehead atoms. The van der Waals surface area contributed by atoms with Crippen molar-refractivity contribution in [3.8, 4) is 16.9 Å². The van der Waals surface area contributed by atoms with Gasteiger partial charge in [0.2, 0.25) is 9.84 Å². The molecule has 0 aliphatic heterocycles. The standard InChI is InChI=1S/C18H14O3S/c19-16-11-5-7-13-18(16)22(20,21)17-12-6-4-10-15(17)14-8-2-1-3-9-14/h1-13,19H. The van der Waals surface area contributed by atoms with Gasteiger partial charge in [-0.3, -0.25) is 0 Å². The fraction of sp³-hybridized carbons (Fsp3) is 0. The van der Waals surface area contributed by atoms with E-state index in [1.807, 2.05) is 30.3 Å². The van der Waals surface area contributed by atoms with Crippen molar-refractivity contribution in [2.75, 3.05) is 0 Å². The molecule has 0 saturated heterocycles. The Morgan fingerprint density at radius 1 is 0.636 bits per heavy atom. The van der Waals surface area contributed by atoms with Gasteiger partial charge in [-0.05, 0) is 23.8 Å². The summed E-state index contributed by atoms with van der Waals surface area (Å²) < 4.78 is 25.8. The molecule has 0 fully saturated rings. The lowest BCUT2D eigenvalue weighted by Crippen LogP contribution is -2.04. The van der Waals surface area contributed by atoms with E-state index in [2.05, 4.69) is 0 Å². The number of aromatic hydroxyl groups is 1. The third-order valence-corrected chi connectivity index (χ3v) is 5.28. The first-order chi connectivity index (χ1) is 10.6. The average Bonchev–Trinajstić information content (AvgIpc) is 2.56. The van der Waals surface area contributed by atoms with Crippen LogP contribution in [0.4, 0.5) is 0 Å². The van der Waals surface area contributed by atoms with Gasteiger partial charge in [0.15, 0.2) is 0 Å². The normalized spacial score (nSPS) is 11.3. The van der Waals surface area contributed by atoms with Gasteiger partial charge in [-0.15, -0.1) is 0 Å². The van der Waals surface area contributed by atoms with Crippen molar-refractivity contribution in [2.45, 2.75) is 9.79 Å². The molecule has 22 heavy (non-hydrogen) atoms. The second-order valence-corrected chi connectivity index (χ2v) is 6.72. The fourth-order valence-corrected chi connectivity index (χ4v) is 3.93. The van der Waals surface area contributed by atoms with Crippen LogP contribution in [-0.2, 0) is 9.84 Å². The third kappa shape index (κ3) is 2.49. The van der Waals surface area contributed by atoms with Crippen molar-refractivity contribution in [1.29, 1.82) is 0 Å². The molecule has 3 aromatic rings. The summed E-state index contributed by atoms with van der Waals surface area (Å²) in [5.41, 5.74) is 1.43. The smallest absolute Gasteiger partial charge is 0.210 e. The van der Waals surface area contributed by atoms with E-state index < -0.39 is 9.84 Å². The highest BCUT2D eigenvalue weighted by Crippen LogP contribution is 2.34. The molecule has 0 radical (unpaired) electrons. The van der Waals surface area contributed by atoms with Gasteiger partial charge in [0.05, 0.1) is 4.90 Å². The second-order valence-electron chi connectivity index (χ2n) is 4.83. The third-order valence-electron chi connectivity index (χ3n) is 3.42. The molecule has 0 heterocycles. The van der Waals surface area contributed by atoms with E-state index >= 15 is 0 Å². The minimum Gasteiger partial charge on any atom is -0.507 e. The molecule has 0 saturated carbocycles. The Balaban J connectivity index is 2.24. The second kappa shape index (κ2) is 5.66. The predicted octanol–water partition coefficient (Wildman–Crippen LogP) is 3.89. The number of sulfone groups is 1. The van der Waals surface area contributed by atoms with Crippen LogP contribution in [0.2, 0.25) is 0 Å². The maximum atomic E-state index is 12.9. The Hall–Kier alpha value is -2.59. The minimum atomic E-state index is -3.80. The van der Waals surface area contributed by atoms with Crippen LogP contribution >= 0.6 is 0 Å². The zero-order valence-corrected chi connectivity index (χ0v) is 12.5. The number of phenolic OH excluding ortho intramolecular Hbond substituents is 1. The number of hydrogen-bond donors (Lipinski definition) is 1. The molecule has 0 atom stereocenters. The van der Waals surface area contributed by atoms with Crippen LogP contribution < -0.4 is 0 Å². The average molecular weight is 310 g/mol. The van der Waals surface area contributed by atoms with E-state index in [1.54, 1.807) is 36.4 Å². The number of para-hydroxylation sites is 1. The van der Waals surface area contributed by atoms with E-state index in [0.29, 0.717) is 5.56 Å². The molecule has 4 heteroatoms. The van der Waals surface area contributed by atoms with Crippen molar-refractivity contribution >= 4 is 9.84 Å². The van der Waals surface area contributed by atoms with Crippen molar-refractivity contribution < 1.29 is 13.5 Å². The van der Waals surface area contributed by atoms with Gasteiger partial charge < -0.3 is 5.11 Å². The molecule has 3 rings (SSSR count). The molecular formula is C18H14O3S. The SMILES string of the molecule is O=S(=O)(c1ccccc1O)c1ccccc1-c1ccccc1. The number of benzene rings is 3. The summed E-state index contributed by atoms with van der Waals surface area (Å²) in [5.74, 6) is -0.245. The zero-order valence-electron chi connectivity index (χ0n) is 11.7. The molecule has 3 aromatic carbocycles. The first-order valence-electron chi connectivity index (χ1n) is 6.78. The lowest BCUT2D eigenvalue weighted by molar-refractivity contribution is 0.459. The Kier molecular flexibility index (Phi) is 3.69. The fourth-order valence-electron chi connectivity index (χ4n) is 2.36. The number of hydrogen-bond acceptors (Lipinski definition) is 3. The highest BCUT2D eigenvalue weighted by molar-refractivity contribution is 7.91. The zero-order chi connectivity index (χ0) is 15.6. The molecule has 0 aliphatic rings. The van der Waals surface area contributed by atoms with Gasteiger partial charge in [-0.1, -0.05) is 60.7 Å². The lowest BCUT2D eigenvalue weighted by atomic mass is 10.1. The van der Waals surface area contributed by atoms with Gasteiger partial charge in [0.25, 0.3) is 0 Å². The predicted molar refractivity (Wildman–Crippen MR) is 85.4 cm³/mol. The summed E-state index contributed by atoms with van der Waals surface area (Å²) in [6.07, 6.45) is 0. The molecule has 0 aliphatic carbocycles. The highest BCUT2D eigenvalue weighted by atomic mass is 32.2. The topological polar surface area (TPSA) is 54.4 Å². The van der Waals surface area contributed by atoms with Gasteiger partial charge in [-0.2, -0.15) is 0 Å². The minimum absolute atomic E-state index is 0.0848. The quantitative estimate of drug-likeness (QED) is 0.798. The van der Waals surface area contributed by atoms with E-state index in [-0.39, 0.29) is 15.5 Å². The summed E-state index contributed by atoms with van der Waals surface area (Å²) in [6.45, 7) is 0. The molecule has 0 spiro atoms. The highest BCUT2D eigenvalue weighted by Gasteiger charge is 2.24. The van der Waals surface area contributed by atoms with E-state index in [1.165, 1.54) is 12.1 Å². The van der Waals surface area contributed by atoms with Crippen LogP contribution in [0.15, 0.2) is 88.7 Å². The lowest BCUT2D eigenvalue weighted by Gasteiger charge is -2.11. The van der Waals surface area contributed by atoms with Crippen LogP contribution in [-0.4, -0.2) is 13.5 Å². The van der Waals surface area contributed by atoms with E-state index in [4.69, 9.17) is 0 Å². The summed E-state index contributed by atoms with van der Waals surface area (Å²) >= 11 is 0. The van der Waals surface area contributed by atoms with Crippen LogP contribution in [0.25, 0.3) is 11.1 Å². The van der Waals surface area contributed by atoms with Crippen LogP contribution in [0.1, 0.15) is 0 Å². The monoisotopic (exact) mass is 310 g/mol. The van der Waals surface area contributed by atoms with Crippen molar-refractivity contribution in [3.63, 3.8) is 0 Å². The van der Waals surface area contributed by atoms with Crippen molar-refractivity contribution in [3.05, 3.63) is 78.9 Å². The Morgan fingerprint density at radius 2 is 1.18 bits per heavy atom. The van der Waals surface area contributed by atoms with Crippen LogP contribution in [0.3, 0.4) is 0 Å². The van der Waals surface area contributed by atoms with Gasteiger partial charge in [-0.25, -0.2) is 8.42 Å². The first kappa shape index (κ1) is 14.4. The molecule has 0 aromatic heterocycles. The van der Waals surface area contributed by atoms with Crippen LogP contribution in [0.5, 0.6) is 5.75 Å². The van der Waals surface area contributed by atoms with Crippen molar-refractivity contribution in [2.24, 2.45) is 0 Å². The largest absolute Gasteiger partial charge is 0.507 e. The maximum Gasteiger partial charge on any atom is 0.210 e. The summed E-state index contributed by atoms with van der Waals surface area (Å²) in [6, 6.07) is 22.1. The van der Waals surface area contributed by atoms with E-state index in [0.717, 1.165) is 5.56 Å². The van der Waals surface area contributed by atoms with Gasteiger partial charge in [0.1, 0.15) is 10.6 Å². The number of rotatable bonds is 3. The molecule has 110 valence electrons. The summed E-state index contributed by atoms with van der Waals surface area (Å²) in [7, 11) is -3.80. The van der Waals surface area contributed by atoms with Crippen LogP contribution in [0, 0.1) is 0 Å². The maximum absolute atomic E-state index is 12.9. The summed E-state index contributed by atoms with van der Waals surface area (Å²) in [4.78, 5) is 0.0982. The van der Waals surface area contributed by atoms with Gasteiger partial charge in [0, 0.05) is 5.56 Å². The molecular weight excluding hydrogens is 296 g/mol. The molecule has 0 amide bonds. The van der Waals surface area contributed by atoms with Crippen molar-refractivity contribution in [1.82, 2.24) is 0 Å². The Bertz CT molecular complexity index is 900. The molecule has 0 unspecified atom stereocenters. The van der Waals surface area contributed by atoms with E-state index in [9.17, 15) is 13.5 Å². The number of phenols is 1. The first-order valence-corrected chi connectivity index (χ1v) is 8.26. The summed E-state index contributed by atoms with van der Waals surface area (Å²) in [5, 5.41) is 9.89. The Labute approximate surface area is 129 Å². The van der Waals surface area contributed by atoms with Gasteiger partial charge >= 0.3 is 0 Å². The molecule has 3 nitrogen and oxygen atoms in total. The Morgan fingerprint density at radius 3 is 1.86 bits per heavy atom. The molecule has 1 N–H and O–H groups in total.